The second-order valence-electron chi connectivity index (χ2n) is 10.7. The number of hydrogen-bond donors (Lipinski definition) is 3. The van der Waals surface area contributed by atoms with Crippen molar-refractivity contribution in [2.24, 2.45) is 10.9 Å². The smallest absolute Gasteiger partial charge is 0.465 e. The number of carbonyl (C=O) groups excluding carboxylic acids is 3. The molecular formula is C27H32F4N6O6S2. The minimum atomic E-state index is -5.03. The number of aromatic nitrogens is 1. The minimum Gasteiger partial charge on any atom is -0.465 e. The third kappa shape index (κ3) is 9.20. The molecule has 3 N–H and O–H groups in total. The maximum atomic E-state index is 13.9. The maximum absolute atomic E-state index is 13.9. The van der Waals surface area contributed by atoms with E-state index in [0.29, 0.717) is 36.5 Å². The van der Waals surface area contributed by atoms with Crippen LogP contribution in [0.3, 0.4) is 0 Å². The summed E-state index contributed by atoms with van der Waals surface area (Å²) in [4.78, 5) is 46.8. The number of alkyl halides is 3. The number of guanidine groups is 1. The fourth-order valence-electron chi connectivity index (χ4n) is 5.01. The Kier molecular flexibility index (Phi) is 10.8. The molecule has 18 heteroatoms. The minimum absolute atomic E-state index is 0.0990. The fraction of sp³-hybridized carbons (Fsp3) is 0.519. The zero-order chi connectivity index (χ0) is 32.9. The number of carbonyl (C=O) groups is 3. The van der Waals surface area contributed by atoms with Gasteiger partial charge in [-0.3, -0.25) is 19.9 Å². The molecular weight excluding hydrogens is 644 g/mol. The molecule has 1 aromatic heterocycles. The Hall–Kier alpha value is -3.64. The normalized spacial score (nSPS) is 21.0. The fourth-order valence-corrected chi connectivity index (χ4v) is 7.22. The first-order chi connectivity index (χ1) is 21.1. The van der Waals surface area contributed by atoms with Crippen LogP contribution in [0.4, 0.5) is 17.6 Å². The molecule has 0 spiro atoms. The van der Waals surface area contributed by atoms with Gasteiger partial charge in [-0.2, -0.15) is 13.2 Å². The molecule has 1 fully saturated rings. The zero-order valence-electron chi connectivity index (χ0n) is 24.3. The summed E-state index contributed by atoms with van der Waals surface area (Å²) in [5.74, 6) is -5.19. The summed E-state index contributed by atoms with van der Waals surface area (Å²) in [6.07, 6.45) is -3.12. The lowest BCUT2D eigenvalue weighted by Crippen LogP contribution is -2.54. The van der Waals surface area contributed by atoms with Gasteiger partial charge >= 0.3 is 18.1 Å². The number of ether oxygens (including phenoxy) is 1. The van der Waals surface area contributed by atoms with E-state index in [1.165, 1.54) is 16.2 Å². The number of nitrogens with one attached hydrogen (secondary N) is 3. The molecule has 2 aromatic rings. The highest BCUT2D eigenvalue weighted by Crippen LogP contribution is 2.23. The number of rotatable bonds is 9. The number of aliphatic imine (C=N–C) groups is 1. The van der Waals surface area contributed by atoms with E-state index in [0.717, 1.165) is 25.3 Å². The molecule has 1 saturated heterocycles. The maximum Gasteiger partial charge on any atom is 0.471 e. The van der Waals surface area contributed by atoms with Crippen molar-refractivity contribution in [2.75, 3.05) is 20.2 Å². The molecule has 4 rings (SSSR count). The van der Waals surface area contributed by atoms with E-state index in [9.17, 15) is 40.4 Å². The summed E-state index contributed by atoms with van der Waals surface area (Å²) < 4.78 is 84.7. The second kappa shape index (κ2) is 14.2. The number of methoxy groups -OCH3 is 1. The number of likely N-dealkylation sites (tertiary alicyclic amines) is 1. The average molecular weight is 677 g/mol. The molecule has 2 amide bonds. The molecule has 0 bridgehead atoms. The molecule has 0 aliphatic carbocycles. The Balaban J connectivity index is 1.37. The molecule has 246 valence electrons. The van der Waals surface area contributed by atoms with Crippen LogP contribution in [0.15, 0.2) is 28.6 Å². The lowest BCUT2D eigenvalue weighted by atomic mass is 9.95. The quantitative estimate of drug-likeness (QED) is 0.270. The van der Waals surface area contributed by atoms with Crippen LogP contribution in [0.5, 0.6) is 0 Å². The van der Waals surface area contributed by atoms with Crippen LogP contribution in [0, 0.1) is 11.7 Å². The lowest BCUT2D eigenvalue weighted by molar-refractivity contribution is -0.172. The van der Waals surface area contributed by atoms with Gasteiger partial charge < -0.3 is 15.0 Å². The Bertz CT molecular complexity index is 1560. The van der Waals surface area contributed by atoms with Crippen molar-refractivity contribution in [3.8, 4) is 0 Å². The summed E-state index contributed by atoms with van der Waals surface area (Å²) in [5, 5.41) is 6.92. The van der Waals surface area contributed by atoms with Crippen LogP contribution in [0.1, 0.15) is 52.8 Å². The first-order valence-corrected chi connectivity index (χ1v) is 16.5. The van der Waals surface area contributed by atoms with E-state index < -0.39 is 51.6 Å². The molecule has 2 aliphatic heterocycles. The number of esters is 1. The standard InChI is InChI=1S/C27H32F4N6O6S2/c1-15-16(11-32-26(33-15)35-25(40)27(29,30)31)10-19-13-44-22(34-19)12-37-8-4-3-5-21(23(37)38)36-45(41,42)14-17-9-18(28)6-7-20(17)24(39)43-2/h6-7,9,13,15-16,21,36H,3-5,8,10-12,14H2,1-2H3,(H2,32,33,35,40). The number of sulfonamides is 1. The number of halogens is 4. The van der Waals surface area contributed by atoms with Crippen LogP contribution in [-0.4, -0.2) is 80.5 Å². The van der Waals surface area contributed by atoms with Gasteiger partial charge in [-0.25, -0.2) is 27.3 Å². The van der Waals surface area contributed by atoms with Gasteiger partial charge in [-0.05, 0) is 56.4 Å². The van der Waals surface area contributed by atoms with Gasteiger partial charge in [-0.1, -0.05) is 0 Å². The topological polar surface area (TPSA) is 159 Å². The van der Waals surface area contributed by atoms with Gasteiger partial charge in [0.25, 0.3) is 0 Å². The van der Waals surface area contributed by atoms with Gasteiger partial charge in [0.05, 0.1) is 30.7 Å². The van der Waals surface area contributed by atoms with E-state index >= 15 is 0 Å². The van der Waals surface area contributed by atoms with E-state index in [1.807, 2.05) is 5.38 Å². The van der Waals surface area contributed by atoms with Crippen LogP contribution in [0.25, 0.3) is 0 Å². The van der Waals surface area contributed by atoms with E-state index in [2.05, 4.69) is 24.8 Å². The molecule has 1 aromatic carbocycles. The van der Waals surface area contributed by atoms with Gasteiger partial charge in [0, 0.05) is 30.4 Å². The van der Waals surface area contributed by atoms with Crippen LogP contribution in [0.2, 0.25) is 0 Å². The second-order valence-corrected chi connectivity index (χ2v) is 13.4. The summed E-state index contributed by atoms with van der Waals surface area (Å²) in [5.41, 5.74) is 0.497. The van der Waals surface area contributed by atoms with Crippen LogP contribution in [-0.2, 0) is 43.1 Å². The van der Waals surface area contributed by atoms with Gasteiger partial charge in [-0.15, -0.1) is 11.3 Å². The number of hydrogen-bond acceptors (Lipinski definition) is 10. The monoisotopic (exact) mass is 676 g/mol. The lowest BCUT2D eigenvalue weighted by Gasteiger charge is -2.29. The van der Waals surface area contributed by atoms with Gasteiger partial charge in [0.2, 0.25) is 15.9 Å². The van der Waals surface area contributed by atoms with Crippen molar-refractivity contribution in [3.05, 3.63) is 51.2 Å². The molecule has 0 saturated carbocycles. The SMILES string of the molecule is COC(=O)c1ccc(F)cc1CS(=O)(=O)NC1CCCCN(Cc2nc(CC3CN=C(NC(=O)C(F)(F)F)NC3C)cs2)C1=O. The van der Waals surface area contributed by atoms with Crippen molar-refractivity contribution < 1.29 is 45.1 Å². The Morgan fingerprint density at radius 2 is 2.00 bits per heavy atom. The molecule has 0 radical (unpaired) electrons. The number of nitrogens with zero attached hydrogens (tertiary/aromatic N) is 3. The Morgan fingerprint density at radius 3 is 2.69 bits per heavy atom. The van der Waals surface area contributed by atoms with Gasteiger partial charge in [0.15, 0.2) is 5.96 Å². The third-order valence-corrected chi connectivity index (χ3v) is 9.58. The summed E-state index contributed by atoms with van der Waals surface area (Å²) in [7, 11) is -3.05. The van der Waals surface area contributed by atoms with E-state index in [4.69, 9.17) is 0 Å². The van der Waals surface area contributed by atoms with Crippen molar-refractivity contribution in [1.29, 1.82) is 0 Å². The zero-order valence-corrected chi connectivity index (χ0v) is 26.0. The molecule has 3 unspecified atom stereocenters. The van der Waals surface area contributed by atoms with Crippen molar-refractivity contribution >= 4 is 45.1 Å². The van der Waals surface area contributed by atoms with Crippen LogP contribution >= 0.6 is 11.3 Å². The first kappa shape index (κ1) is 34.2. The van der Waals surface area contributed by atoms with Gasteiger partial charge in [0.1, 0.15) is 16.9 Å². The predicted molar refractivity (Wildman–Crippen MR) is 155 cm³/mol. The number of benzene rings is 1. The number of thiazole rings is 1. The van der Waals surface area contributed by atoms with Crippen molar-refractivity contribution in [3.63, 3.8) is 0 Å². The molecule has 12 nitrogen and oxygen atoms in total. The Labute approximate surface area is 260 Å². The summed E-state index contributed by atoms with van der Waals surface area (Å²) in [6.45, 7) is 2.45. The first-order valence-electron chi connectivity index (χ1n) is 13.9. The Morgan fingerprint density at radius 1 is 1.24 bits per heavy atom. The van der Waals surface area contributed by atoms with E-state index in [-0.39, 0.29) is 48.6 Å². The highest BCUT2D eigenvalue weighted by molar-refractivity contribution is 7.88. The number of amides is 2. The average Bonchev–Trinajstić information content (AvgIpc) is 3.33. The largest absolute Gasteiger partial charge is 0.471 e. The molecule has 3 atom stereocenters. The highest BCUT2D eigenvalue weighted by Gasteiger charge is 2.40. The van der Waals surface area contributed by atoms with Crippen molar-refractivity contribution in [1.82, 2.24) is 25.2 Å². The highest BCUT2D eigenvalue weighted by atomic mass is 32.2. The third-order valence-electron chi connectivity index (χ3n) is 7.36. The molecule has 45 heavy (non-hydrogen) atoms. The van der Waals surface area contributed by atoms with E-state index in [1.54, 1.807) is 12.2 Å². The van der Waals surface area contributed by atoms with Crippen molar-refractivity contribution in [2.45, 2.75) is 63.2 Å². The van der Waals surface area contributed by atoms with Crippen LogP contribution < -0.4 is 15.4 Å². The molecule has 3 heterocycles. The predicted octanol–water partition coefficient (Wildman–Crippen LogP) is 2.25. The summed E-state index contributed by atoms with van der Waals surface area (Å²) >= 11 is 1.32. The molecule has 2 aliphatic rings. The summed E-state index contributed by atoms with van der Waals surface area (Å²) in [6, 6.07) is 1.72.